The summed E-state index contributed by atoms with van der Waals surface area (Å²) in [6.45, 7) is 10.4. The third-order valence-corrected chi connectivity index (χ3v) is 6.77. The summed E-state index contributed by atoms with van der Waals surface area (Å²) in [6.07, 6.45) is 1.23. The zero-order valence-corrected chi connectivity index (χ0v) is 22.7. The summed E-state index contributed by atoms with van der Waals surface area (Å²) in [6, 6.07) is 25.0. The van der Waals surface area contributed by atoms with Crippen LogP contribution in [0.15, 0.2) is 78.9 Å². The van der Waals surface area contributed by atoms with E-state index in [1.165, 1.54) is 0 Å². The molecule has 0 radical (unpaired) electrons. The number of nitrogens with zero attached hydrogens (tertiary/aromatic N) is 1. The number of carbonyl (C=O) groups is 2. The number of ether oxygens (including phenoxy) is 1. The van der Waals surface area contributed by atoms with E-state index in [0.717, 1.165) is 28.7 Å². The van der Waals surface area contributed by atoms with Gasteiger partial charge in [0.05, 0.1) is 0 Å². The SMILES string of the molecule is CC[C@@H](C)NC(=O)[C@H](Cc1ccccc1)N(Cc1ccccc1C)C(=O)COc1ccccc1C(C)C. The second kappa shape index (κ2) is 13.6. The van der Waals surface area contributed by atoms with Gasteiger partial charge in [0.15, 0.2) is 6.61 Å². The Bertz CT molecular complexity index is 1160. The van der Waals surface area contributed by atoms with Crippen molar-refractivity contribution in [2.75, 3.05) is 6.61 Å². The maximum atomic E-state index is 13.8. The Balaban J connectivity index is 1.95. The Hall–Kier alpha value is -3.60. The van der Waals surface area contributed by atoms with Gasteiger partial charge in [-0.3, -0.25) is 9.59 Å². The lowest BCUT2D eigenvalue weighted by Crippen LogP contribution is -2.53. The second-order valence-corrected chi connectivity index (χ2v) is 9.95. The predicted molar refractivity (Wildman–Crippen MR) is 150 cm³/mol. The fourth-order valence-corrected chi connectivity index (χ4v) is 4.28. The van der Waals surface area contributed by atoms with Gasteiger partial charge in [-0.1, -0.05) is 93.6 Å². The van der Waals surface area contributed by atoms with E-state index in [2.05, 4.69) is 19.2 Å². The van der Waals surface area contributed by atoms with Crippen molar-refractivity contribution in [2.24, 2.45) is 0 Å². The van der Waals surface area contributed by atoms with E-state index in [0.29, 0.717) is 18.7 Å². The Kier molecular flexibility index (Phi) is 10.3. The van der Waals surface area contributed by atoms with Gasteiger partial charge in [0.25, 0.3) is 5.91 Å². The molecule has 0 bridgehead atoms. The predicted octanol–water partition coefficient (Wildman–Crippen LogP) is 6.05. The van der Waals surface area contributed by atoms with Crippen molar-refractivity contribution in [3.63, 3.8) is 0 Å². The number of hydrogen-bond acceptors (Lipinski definition) is 3. The Morgan fingerprint density at radius 1 is 0.892 bits per heavy atom. The maximum absolute atomic E-state index is 13.8. The molecule has 3 aromatic rings. The first-order chi connectivity index (χ1) is 17.8. The molecule has 0 saturated heterocycles. The summed E-state index contributed by atoms with van der Waals surface area (Å²) < 4.78 is 6.07. The topological polar surface area (TPSA) is 58.6 Å². The molecule has 0 unspecified atom stereocenters. The minimum Gasteiger partial charge on any atom is -0.483 e. The first-order valence-electron chi connectivity index (χ1n) is 13.2. The van der Waals surface area contributed by atoms with Crippen LogP contribution in [0.4, 0.5) is 0 Å². The van der Waals surface area contributed by atoms with Crippen LogP contribution in [0.3, 0.4) is 0 Å². The van der Waals surface area contributed by atoms with Crippen LogP contribution in [0.1, 0.15) is 62.3 Å². The van der Waals surface area contributed by atoms with Crippen LogP contribution in [0, 0.1) is 6.92 Å². The average molecular weight is 501 g/mol. The molecule has 2 atom stereocenters. The molecule has 1 N–H and O–H groups in total. The molecule has 0 aliphatic carbocycles. The number of hydrogen-bond donors (Lipinski definition) is 1. The van der Waals surface area contributed by atoms with Gasteiger partial charge >= 0.3 is 0 Å². The second-order valence-electron chi connectivity index (χ2n) is 9.95. The highest BCUT2D eigenvalue weighted by Crippen LogP contribution is 2.26. The molecule has 5 nitrogen and oxygen atoms in total. The van der Waals surface area contributed by atoms with Gasteiger partial charge in [-0.05, 0) is 54.5 Å². The molecule has 5 heteroatoms. The van der Waals surface area contributed by atoms with Gasteiger partial charge in [-0.2, -0.15) is 0 Å². The minimum absolute atomic E-state index is 0.00959. The summed E-state index contributed by atoms with van der Waals surface area (Å²) in [5, 5.41) is 3.11. The largest absolute Gasteiger partial charge is 0.483 e. The Labute approximate surface area is 221 Å². The molecular formula is C32H40N2O3. The van der Waals surface area contributed by atoms with Crippen LogP contribution in [-0.2, 0) is 22.6 Å². The van der Waals surface area contributed by atoms with Crippen molar-refractivity contribution in [1.29, 1.82) is 0 Å². The summed E-state index contributed by atoms with van der Waals surface area (Å²) in [4.78, 5) is 29.1. The van der Waals surface area contributed by atoms with Gasteiger partial charge < -0.3 is 15.0 Å². The van der Waals surface area contributed by atoms with Crippen molar-refractivity contribution in [3.05, 3.63) is 101 Å². The lowest BCUT2D eigenvalue weighted by Gasteiger charge is -2.32. The highest BCUT2D eigenvalue weighted by molar-refractivity contribution is 5.88. The molecule has 3 rings (SSSR count). The maximum Gasteiger partial charge on any atom is 0.261 e. The zero-order valence-electron chi connectivity index (χ0n) is 22.7. The molecule has 0 aliphatic heterocycles. The fraction of sp³-hybridized carbons (Fsp3) is 0.375. The smallest absolute Gasteiger partial charge is 0.261 e. The monoisotopic (exact) mass is 500 g/mol. The van der Waals surface area contributed by atoms with Crippen molar-refractivity contribution in [3.8, 4) is 5.75 Å². The van der Waals surface area contributed by atoms with Crippen LogP contribution in [0.2, 0.25) is 0 Å². The van der Waals surface area contributed by atoms with E-state index in [4.69, 9.17) is 4.74 Å². The third kappa shape index (κ3) is 7.94. The van der Waals surface area contributed by atoms with Gasteiger partial charge in [0.2, 0.25) is 5.91 Å². The van der Waals surface area contributed by atoms with Crippen LogP contribution < -0.4 is 10.1 Å². The van der Waals surface area contributed by atoms with Crippen LogP contribution in [0.5, 0.6) is 5.75 Å². The molecular weight excluding hydrogens is 460 g/mol. The van der Waals surface area contributed by atoms with Gasteiger partial charge in [0, 0.05) is 19.0 Å². The third-order valence-electron chi connectivity index (χ3n) is 6.77. The fourth-order valence-electron chi connectivity index (χ4n) is 4.28. The summed E-state index contributed by atoms with van der Waals surface area (Å²) in [5.74, 6) is 0.594. The lowest BCUT2D eigenvalue weighted by atomic mass is 10.0. The van der Waals surface area contributed by atoms with Crippen molar-refractivity contribution >= 4 is 11.8 Å². The summed E-state index contributed by atoms with van der Waals surface area (Å²) >= 11 is 0. The van der Waals surface area contributed by atoms with Crippen LogP contribution in [0.25, 0.3) is 0 Å². The van der Waals surface area contributed by atoms with E-state index in [1.54, 1.807) is 4.90 Å². The zero-order chi connectivity index (χ0) is 26.8. The molecule has 0 heterocycles. The number of para-hydroxylation sites is 1. The van der Waals surface area contributed by atoms with E-state index in [-0.39, 0.29) is 30.4 Å². The Morgan fingerprint density at radius 3 is 2.22 bits per heavy atom. The first kappa shape index (κ1) is 28.0. The number of benzene rings is 3. The van der Waals surface area contributed by atoms with E-state index in [1.807, 2.05) is 99.6 Å². The van der Waals surface area contributed by atoms with E-state index >= 15 is 0 Å². The molecule has 37 heavy (non-hydrogen) atoms. The first-order valence-corrected chi connectivity index (χ1v) is 13.2. The molecule has 196 valence electrons. The molecule has 3 aromatic carbocycles. The van der Waals surface area contributed by atoms with Gasteiger partial charge in [0.1, 0.15) is 11.8 Å². The number of amides is 2. The summed E-state index contributed by atoms with van der Waals surface area (Å²) in [7, 11) is 0. The minimum atomic E-state index is -0.674. The molecule has 0 aromatic heterocycles. The van der Waals surface area contributed by atoms with Gasteiger partial charge in [-0.15, -0.1) is 0 Å². The standard InChI is InChI=1S/C32H40N2O3/c1-6-25(5)33-32(36)29(20-26-15-8-7-9-16-26)34(21-27-17-11-10-14-24(27)4)31(35)22-37-30-19-13-12-18-28(30)23(2)3/h7-19,23,25,29H,6,20-22H2,1-5H3,(H,33,36)/t25-,29+/m1/s1. The molecule has 0 aliphatic rings. The van der Waals surface area contributed by atoms with Crippen molar-refractivity contribution in [1.82, 2.24) is 10.2 Å². The number of rotatable bonds is 12. The number of carbonyl (C=O) groups excluding carboxylic acids is 2. The lowest BCUT2D eigenvalue weighted by molar-refractivity contribution is -0.143. The van der Waals surface area contributed by atoms with Crippen molar-refractivity contribution < 1.29 is 14.3 Å². The molecule has 2 amide bonds. The number of aryl methyl sites for hydroxylation is 1. The average Bonchev–Trinajstić information content (AvgIpc) is 2.90. The molecule has 0 saturated carbocycles. The normalized spacial score (nSPS) is 12.6. The van der Waals surface area contributed by atoms with Crippen LogP contribution in [-0.4, -0.2) is 35.4 Å². The molecule has 0 fully saturated rings. The van der Waals surface area contributed by atoms with E-state index in [9.17, 15) is 9.59 Å². The molecule has 0 spiro atoms. The van der Waals surface area contributed by atoms with Crippen molar-refractivity contribution in [2.45, 2.75) is 72.0 Å². The highest BCUT2D eigenvalue weighted by Gasteiger charge is 2.31. The summed E-state index contributed by atoms with van der Waals surface area (Å²) in [5.41, 5.74) is 4.14. The Morgan fingerprint density at radius 2 is 1.54 bits per heavy atom. The van der Waals surface area contributed by atoms with Gasteiger partial charge in [-0.25, -0.2) is 0 Å². The number of nitrogens with one attached hydrogen (secondary N) is 1. The van der Waals surface area contributed by atoms with E-state index < -0.39 is 6.04 Å². The highest BCUT2D eigenvalue weighted by atomic mass is 16.5. The van der Waals surface area contributed by atoms with Crippen LogP contribution >= 0.6 is 0 Å². The quantitative estimate of drug-likeness (QED) is 0.329.